The first-order valence-electron chi connectivity index (χ1n) is 11.1. The molecule has 1 aliphatic rings. The van der Waals surface area contributed by atoms with Crippen LogP contribution in [0.2, 0.25) is 0 Å². The zero-order chi connectivity index (χ0) is 23.2. The molecule has 0 radical (unpaired) electrons. The third-order valence-electron chi connectivity index (χ3n) is 5.96. The smallest absolute Gasteiger partial charge is 0.247 e. The predicted molar refractivity (Wildman–Crippen MR) is 127 cm³/mol. The van der Waals surface area contributed by atoms with Crippen molar-refractivity contribution in [1.82, 2.24) is 4.90 Å². The molecule has 2 heterocycles. The Morgan fingerprint density at radius 2 is 1.88 bits per heavy atom. The standard InChI is InChI=1S/C27H29NO5/c1-4-19-7-9-22(10-8-19)33-18-24-23-17-26(31-3)25(30-2)16-20(23)13-14-28(24)27(29)12-11-21-6-5-15-32-21/h5-12,15-17,24H,4,13-14,18H2,1-3H3/b12-11+. The van der Waals surface area contributed by atoms with Gasteiger partial charge in [-0.2, -0.15) is 0 Å². The molecule has 2 aromatic carbocycles. The number of fused-ring (bicyclic) bond motifs is 1. The second-order valence-corrected chi connectivity index (χ2v) is 7.86. The first-order valence-corrected chi connectivity index (χ1v) is 11.1. The van der Waals surface area contributed by atoms with Crippen molar-refractivity contribution >= 4 is 12.0 Å². The topological polar surface area (TPSA) is 61.1 Å². The van der Waals surface area contributed by atoms with Gasteiger partial charge >= 0.3 is 0 Å². The average Bonchev–Trinajstić information content (AvgIpc) is 3.38. The normalized spacial score (nSPS) is 15.4. The zero-order valence-corrected chi connectivity index (χ0v) is 19.2. The number of aryl methyl sites for hydroxylation is 1. The van der Waals surface area contributed by atoms with Crippen LogP contribution in [-0.2, 0) is 17.6 Å². The highest BCUT2D eigenvalue weighted by Crippen LogP contribution is 2.38. The van der Waals surface area contributed by atoms with Crippen molar-refractivity contribution in [3.63, 3.8) is 0 Å². The number of ether oxygens (including phenoxy) is 3. The molecule has 6 nitrogen and oxygen atoms in total. The molecule has 0 saturated heterocycles. The van der Waals surface area contributed by atoms with Crippen LogP contribution in [0.15, 0.2) is 65.3 Å². The van der Waals surface area contributed by atoms with Gasteiger partial charge in [0.15, 0.2) is 11.5 Å². The highest BCUT2D eigenvalue weighted by Gasteiger charge is 2.32. The summed E-state index contributed by atoms with van der Waals surface area (Å²) in [6.45, 7) is 3.02. The van der Waals surface area contributed by atoms with E-state index >= 15 is 0 Å². The molecule has 4 rings (SSSR count). The summed E-state index contributed by atoms with van der Waals surface area (Å²) >= 11 is 0. The van der Waals surface area contributed by atoms with Crippen LogP contribution < -0.4 is 14.2 Å². The Morgan fingerprint density at radius 1 is 1.12 bits per heavy atom. The van der Waals surface area contributed by atoms with Gasteiger partial charge < -0.3 is 23.5 Å². The van der Waals surface area contributed by atoms with Crippen LogP contribution >= 0.6 is 0 Å². The molecule has 0 saturated carbocycles. The number of hydrogen-bond acceptors (Lipinski definition) is 5. The average molecular weight is 448 g/mol. The van der Waals surface area contributed by atoms with E-state index in [4.69, 9.17) is 18.6 Å². The maximum Gasteiger partial charge on any atom is 0.247 e. The van der Waals surface area contributed by atoms with Gasteiger partial charge in [0.25, 0.3) is 0 Å². The maximum atomic E-state index is 13.2. The van der Waals surface area contributed by atoms with E-state index in [2.05, 4.69) is 19.1 Å². The Hall–Kier alpha value is -3.67. The van der Waals surface area contributed by atoms with Crippen LogP contribution in [0.3, 0.4) is 0 Å². The Kier molecular flexibility index (Phi) is 7.03. The molecule has 1 amide bonds. The number of benzene rings is 2. The van der Waals surface area contributed by atoms with Gasteiger partial charge in [-0.05, 0) is 72.0 Å². The second kappa shape index (κ2) is 10.3. The third-order valence-corrected chi connectivity index (χ3v) is 5.96. The van der Waals surface area contributed by atoms with Gasteiger partial charge in [-0.15, -0.1) is 0 Å². The van der Waals surface area contributed by atoms with Crippen LogP contribution in [0.4, 0.5) is 0 Å². The van der Waals surface area contributed by atoms with Crippen molar-refractivity contribution < 1.29 is 23.4 Å². The van der Waals surface area contributed by atoms with Crippen molar-refractivity contribution in [3.8, 4) is 17.2 Å². The molecule has 1 aromatic heterocycles. The lowest BCUT2D eigenvalue weighted by atomic mass is 9.92. The minimum Gasteiger partial charge on any atom is -0.493 e. The summed E-state index contributed by atoms with van der Waals surface area (Å²) in [6, 6.07) is 15.4. The largest absolute Gasteiger partial charge is 0.493 e. The number of amides is 1. The van der Waals surface area contributed by atoms with Gasteiger partial charge in [-0.3, -0.25) is 4.79 Å². The molecule has 0 spiro atoms. The first-order chi connectivity index (χ1) is 16.1. The fraction of sp³-hybridized carbons (Fsp3) is 0.296. The predicted octanol–water partition coefficient (Wildman–Crippen LogP) is 5.08. The van der Waals surface area contributed by atoms with E-state index in [0.29, 0.717) is 30.4 Å². The SMILES string of the molecule is CCc1ccc(OCC2c3cc(OC)c(OC)cc3CCN2C(=O)/C=C/c2ccco2)cc1. The Morgan fingerprint density at radius 3 is 2.55 bits per heavy atom. The van der Waals surface area contributed by atoms with E-state index in [1.165, 1.54) is 5.56 Å². The number of rotatable bonds is 8. The molecule has 0 aliphatic carbocycles. The molecular formula is C27H29NO5. The van der Waals surface area contributed by atoms with Gasteiger partial charge in [-0.25, -0.2) is 0 Å². The molecule has 0 fully saturated rings. The van der Waals surface area contributed by atoms with Gasteiger partial charge in [0, 0.05) is 12.6 Å². The molecular weight excluding hydrogens is 418 g/mol. The van der Waals surface area contributed by atoms with E-state index in [1.807, 2.05) is 35.2 Å². The molecule has 1 unspecified atom stereocenters. The molecule has 33 heavy (non-hydrogen) atoms. The summed E-state index contributed by atoms with van der Waals surface area (Å²) in [4.78, 5) is 15.0. The summed E-state index contributed by atoms with van der Waals surface area (Å²) in [5.41, 5.74) is 3.38. The van der Waals surface area contributed by atoms with Crippen molar-refractivity contribution in [2.75, 3.05) is 27.4 Å². The van der Waals surface area contributed by atoms with Crippen molar-refractivity contribution in [3.05, 3.63) is 83.3 Å². The molecule has 1 aliphatic heterocycles. The quantitative estimate of drug-likeness (QED) is 0.451. The summed E-state index contributed by atoms with van der Waals surface area (Å²) in [7, 11) is 3.24. The molecule has 0 N–H and O–H groups in total. The zero-order valence-electron chi connectivity index (χ0n) is 19.2. The number of furan rings is 1. The molecule has 3 aromatic rings. The van der Waals surface area contributed by atoms with Crippen LogP contribution in [0.1, 0.15) is 35.4 Å². The molecule has 1 atom stereocenters. The van der Waals surface area contributed by atoms with Gasteiger partial charge in [0.05, 0.1) is 26.5 Å². The maximum absolute atomic E-state index is 13.2. The Labute approximate surface area is 194 Å². The molecule has 0 bridgehead atoms. The lowest BCUT2D eigenvalue weighted by Gasteiger charge is -2.37. The number of carbonyl (C=O) groups excluding carboxylic acids is 1. The fourth-order valence-electron chi connectivity index (χ4n) is 4.10. The van der Waals surface area contributed by atoms with E-state index < -0.39 is 0 Å². The third kappa shape index (κ3) is 5.06. The van der Waals surface area contributed by atoms with Crippen LogP contribution in [0.25, 0.3) is 6.08 Å². The van der Waals surface area contributed by atoms with Crippen LogP contribution in [-0.4, -0.2) is 38.2 Å². The number of carbonyl (C=O) groups is 1. The number of methoxy groups -OCH3 is 2. The first kappa shape index (κ1) is 22.5. The fourth-order valence-corrected chi connectivity index (χ4v) is 4.10. The Bertz CT molecular complexity index is 1100. The summed E-state index contributed by atoms with van der Waals surface area (Å²) in [5, 5.41) is 0. The minimum absolute atomic E-state index is 0.0956. The molecule has 6 heteroatoms. The monoisotopic (exact) mass is 447 g/mol. The van der Waals surface area contributed by atoms with Gasteiger partial charge in [0.1, 0.15) is 18.1 Å². The van der Waals surface area contributed by atoms with Crippen LogP contribution in [0, 0.1) is 0 Å². The highest BCUT2D eigenvalue weighted by atomic mass is 16.5. The molecule has 172 valence electrons. The summed E-state index contributed by atoms with van der Waals surface area (Å²) in [6.07, 6.45) is 6.52. The highest BCUT2D eigenvalue weighted by molar-refractivity contribution is 5.92. The van der Waals surface area contributed by atoms with Gasteiger partial charge in [-0.1, -0.05) is 19.1 Å². The van der Waals surface area contributed by atoms with E-state index in [9.17, 15) is 4.79 Å². The van der Waals surface area contributed by atoms with E-state index in [0.717, 1.165) is 29.7 Å². The van der Waals surface area contributed by atoms with Gasteiger partial charge in [0.2, 0.25) is 5.91 Å². The van der Waals surface area contributed by atoms with E-state index in [-0.39, 0.29) is 11.9 Å². The Balaban J connectivity index is 1.63. The minimum atomic E-state index is -0.270. The lowest BCUT2D eigenvalue weighted by Crippen LogP contribution is -2.41. The van der Waals surface area contributed by atoms with E-state index in [1.54, 1.807) is 38.7 Å². The lowest BCUT2D eigenvalue weighted by molar-refractivity contribution is -0.129. The van der Waals surface area contributed by atoms with Crippen LogP contribution in [0.5, 0.6) is 17.2 Å². The summed E-state index contributed by atoms with van der Waals surface area (Å²) in [5.74, 6) is 2.63. The van der Waals surface area contributed by atoms with Crippen molar-refractivity contribution in [2.45, 2.75) is 25.8 Å². The number of hydrogen-bond donors (Lipinski definition) is 0. The van der Waals surface area contributed by atoms with Crippen molar-refractivity contribution in [2.24, 2.45) is 0 Å². The van der Waals surface area contributed by atoms with Crippen molar-refractivity contribution in [1.29, 1.82) is 0 Å². The second-order valence-electron chi connectivity index (χ2n) is 7.86. The number of nitrogens with zero attached hydrogens (tertiary/aromatic N) is 1. The summed E-state index contributed by atoms with van der Waals surface area (Å²) < 4.78 is 22.5.